The van der Waals surface area contributed by atoms with Gasteiger partial charge in [-0.3, -0.25) is 4.79 Å². The van der Waals surface area contributed by atoms with Crippen molar-refractivity contribution in [3.63, 3.8) is 0 Å². The number of halogens is 3. The van der Waals surface area contributed by atoms with Crippen LogP contribution in [0, 0.1) is 6.92 Å². The van der Waals surface area contributed by atoms with Crippen LogP contribution in [0.25, 0.3) is 0 Å². The second-order valence-electron chi connectivity index (χ2n) is 2.62. The Kier molecular flexibility index (Phi) is 3.51. The van der Waals surface area contributed by atoms with E-state index < -0.39 is 12.3 Å². The third-order valence-corrected chi connectivity index (χ3v) is 2.31. The number of hydrogen-bond acceptors (Lipinski definition) is 2. The third kappa shape index (κ3) is 2.73. The molecule has 0 atom stereocenters. The van der Waals surface area contributed by atoms with Gasteiger partial charge in [0.25, 0.3) is 5.91 Å². The number of rotatable bonds is 2. The first-order valence-electron chi connectivity index (χ1n) is 3.72. The van der Waals surface area contributed by atoms with Crippen LogP contribution in [0.1, 0.15) is 5.56 Å². The minimum absolute atomic E-state index is 0.260. The monoisotopic (exact) mass is 264 g/mol. The third-order valence-electron chi connectivity index (χ3n) is 1.48. The topological polar surface area (TPSA) is 42.0 Å². The quantitative estimate of drug-likeness (QED) is 0.834. The fourth-order valence-corrected chi connectivity index (χ4v) is 1.04. The van der Waals surface area contributed by atoms with Crippen LogP contribution in [-0.2, 0) is 4.79 Å². The first kappa shape index (κ1) is 11.0. The van der Waals surface area contributed by atoms with Gasteiger partial charge in [0.1, 0.15) is 4.60 Å². The summed E-state index contributed by atoms with van der Waals surface area (Å²) >= 11 is 3.15. The highest BCUT2D eigenvalue weighted by atomic mass is 79.9. The number of carbonyl (C=O) groups is 1. The highest BCUT2D eigenvalue weighted by molar-refractivity contribution is 9.10. The molecule has 1 heterocycles. The fraction of sp³-hybridized carbons (Fsp3) is 0.250. The van der Waals surface area contributed by atoms with Crippen molar-refractivity contribution in [3.05, 3.63) is 22.4 Å². The first-order valence-corrected chi connectivity index (χ1v) is 4.51. The number of hydrogen-bond donors (Lipinski definition) is 1. The van der Waals surface area contributed by atoms with Crippen molar-refractivity contribution in [2.75, 3.05) is 5.32 Å². The van der Waals surface area contributed by atoms with Gasteiger partial charge >= 0.3 is 6.43 Å². The molecule has 0 aliphatic carbocycles. The molecule has 0 fully saturated rings. The van der Waals surface area contributed by atoms with Crippen molar-refractivity contribution in [1.82, 2.24) is 4.98 Å². The number of aromatic nitrogens is 1. The van der Waals surface area contributed by atoms with Crippen molar-refractivity contribution in [2.45, 2.75) is 13.3 Å². The predicted octanol–water partition coefficient (Wildman–Crippen LogP) is 2.36. The predicted molar refractivity (Wildman–Crippen MR) is 51.3 cm³/mol. The Bertz CT molecular complexity index is 357. The fourth-order valence-electron chi connectivity index (χ4n) is 0.823. The molecule has 0 unspecified atom stereocenters. The summed E-state index contributed by atoms with van der Waals surface area (Å²) in [7, 11) is 0. The molecule has 0 aliphatic rings. The Morgan fingerprint density at radius 2 is 2.29 bits per heavy atom. The van der Waals surface area contributed by atoms with Gasteiger partial charge in [-0.2, -0.15) is 8.78 Å². The SMILES string of the molecule is Cc1cc(NC(=O)C(F)F)cnc1Br. The lowest BCUT2D eigenvalue weighted by Gasteiger charge is -2.05. The number of anilines is 1. The van der Waals surface area contributed by atoms with Gasteiger partial charge in [0.05, 0.1) is 11.9 Å². The Labute approximate surface area is 87.7 Å². The van der Waals surface area contributed by atoms with Crippen LogP contribution in [0.15, 0.2) is 16.9 Å². The second kappa shape index (κ2) is 4.45. The molecule has 1 amide bonds. The molecule has 0 spiro atoms. The molecule has 0 radical (unpaired) electrons. The minimum atomic E-state index is -3.01. The summed E-state index contributed by atoms with van der Waals surface area (Å²) in [5.41, 5.74) is 1.02. The van der Waals surface area contributed by atoms with Gasteiger partial charge < -0.3 is 5.32 Å². The molecule has 1 aromatic heterocycles. The number of nitrogens with zero attached hydrogens (tertiary/aromatic N) is 1. The van der Waals surface area contributed by atoms with Gasteiger partial charge in [0, 0.05) is 0 Å². The van der Waals surface area contributed by atoms with E-state index >= 15 is 0 Å². The van der Waals surface area contributed by atoms with E-state index in [9.17, 15) is 13.6 Å². The van der Waals surface area contributed by atoms with Crippen LogP contribution in [0.2, 0.25) is 0 Å². The number of carbonyl (C=O) groups excluding carboxylic acids is 1. The summed E-state index contributed by atoms with van der Waals surface area (Å²) in [6.45, 7) is 1.75. The van der Waals surface area contributed by atoms with Crippen molar-refractivity contribution in [1.29, 1.82) is 0 Å². The van der Waals surface area contributed by atoms with E-state index in [4.69, 9.17) is 0 Å². The van der Waals surface area contributed by atoms with Gasteiger partial charge in [-0.25, -0.2) is 4.98 Å². The second-order valence-corrected chi connectivity index (χ2v) is 3.37. The maximum absolute atomic E-state index is 11.9. The smallest absolute Gasteiger partial charge is 0.315 e. The van der Waals surface area contributed by atoms with Crippen molar-refractivity contribution < 1.29 is 13.6 Å². The minimum Gasteiger partial charge on any atom is -0.320 e. The van der Waals surface area contributed by atoms with Crippen LogP contribution in [0.3, 0.4) is 0 Å². The lowest BCUT2D eigenvalue weighted by molar-refractivity contribution is -0.126. The van der Waals surface area contributed by atoms with Crippen molar-refractivity contribution >= 4 is 27.5 Å². The zero-order chi connectivity index (χ0) is 10.7. The molecule has 0 saturated carbocycles. The molecule has 0 saturated heterocycles. The zero-order valence-corrected chi connectivity index (χ0v) is 8.81. The Morgan fingerprint density at radius 3 is 2.79 bits per heavy atom. The van der Waals surface area contributed by atoms with Gasteiger partial charge in [-0.15, -0.1) is 0 Å². The van der Waals surface area contributed by atoms with Crippen molar-refractivity contribution in [2.24, 2.45) is 0 Å². The van der Waals surface area contributed by atoms with Crippen LogP contribution in [0.5, 0.6) is 0 Å². The number of nitrogens with one attached hydrogen (secondary N) is 1. The first-order chi connectivity index (χ1) is 6.50. The van der Waals surface area contributed by atoms with Crippen LogP contribution < -0.4 is 5.32 Å². The highest BCUT2D eigenvalue weighted by Crippen LogP contribution is 2.16. The normalized spacial score (nSPS) is 10.4. The van der Waals surface area contributed by atoms with E-state index in [1.807, 2.05) is 5.32 Å². The van der Waals surface area contributed by atoms with Gasteiger partial charge in [0.15, 0.2) is 0 Å². The molecule has 0 aromatic carbocycles. The lowest BCUT2D eigenvalue weighted by atomic mass is 10.3. The molecule has 3 nitrogen and oxygen atoms in total. The van der Waals surface area contributed by atoms with Gasteiger partial charge in [-0.05, 0) is 34.5 Å². The molecular formula is C8H7BrF2N2O. The van der Waals surface area contributed by atoms with E-state index in [2.05, 4.69) is 20.9 Å². The Balaban J connectivity index is 2.78. The van der Waals surface area contributed by atoms with E-state index in [-0.39, 0.29) is 5.69 Å². The summed E-state index contributed by atoms with van der Waals surface area (Å²) in [5.74, 6) is -1.33. The number of aryl methyl sites for hydroxylation is 1. The summed E-state index contributed by atoms with van der Waals surface area (Å²) in [6.07, 6.45) is -1.71. The molecular weight excluding hydrogens is 258 g/mol. The summed E-state index contributed by atoms with van der Waals surface area (Å²) in [4.78, 5) is 14.5. The maximum atomic E-state index is 11.9. The van der Waals surface area contributed by atoms with E-state index in [0.29, 0.717) is 4.60 Å². The molecule has 76 valence electrons. The molecule has 1 rings (SSSR count). The summed E-state index contributed by atoms with van der Waals surface area (Å²) < 4.78 is 24.3. The number of alkyl halides is 2. The van der Waals surface area contributed by atoms with E-state index in [1.54, 1.807) is 13.0 Å². The summed E-state index contributed by atoms with van der Waals surface area (Å²) in [6, 6.07) is 1.55. The zero-order valence-electron chi connectivity index (χ0n) is 7.22. The molecule has 0 aliphatic heterocycles. The van der Waals surface area contributed by atoms with Crippen molar-refractivity contribution in [3.8, 4) is 0 Å². The maximum Gasteiger partial charge on any atom is 0.315 e. The highest BCUT2D eigenvalue weighted by Gasteiger charge is 2.15. The average molecular weight is 265 g/mol. The summed E-state index contributed by atoms with van der Waals surface area (Å²) in [5, 5.41) is 2.04. The largest absolute Gasteiger partial charge is 0.320 e. The van der Waals surface area contributed by atoms with Gasteiger partial charge in [-0.1, -0.05) is 0 Å². The standard InChI is InChI=1S/C8H7BrF2N2O/c1-4-2-5(3-12-6(4)9)13-8(14)7(10)11/h2-3,7H,1H3,(H,13,14). The van der Waals surface area contributed by atoms with E-state index in [0.717, 1.165) is 5.56 Å². The molecule has 14 heavy (non-hydrogen) atoms. The molecule has 1 aromatic rings. The molecule has 1 N–H and O–H groups in total. The lowest BCUT2D eigenvalue weighted by Crippen LogP contribution is -2.20. The Morgan fingerprint density at radius 1 is 1.64 bits per heavy atom. The van der Waals surface area contributed by atoms with Crippen LogP contribution >= 0.6 is 15.9 Å². The van der Waals surface area contributed by atoms with Crippen LogP contribution in [-0.4, -0.2) is 17.3 Å². The Hall–Kier alpha value is -1.04. The number of amides is 1. The van der Waals surface area contributed by atoms with Crippen LogP contribution in [0.4, 0.5) is 14.5 Å². The molecule has 0 bridgehead atoms. The van der Waals surface area contributed by atoms with E-state index in [1.165, 1.54) is 6.20 Å². The molecule has 6 heteroatoms. The number of pyridine rings is 1. The average Bonchev–Trinajstić information content (AvgIpc) is 2.11. The van der Waals surface area contributed by atoms with Gasteiger partial charge in [0.2, 0.25) is 0 Å².